The summed E-state index contributed by atoms with van der Waals surface area (Å²) in [5, 5.41) is 2.77. The lowest BCUT2D eigenvalue weighted by Crippen LogP contribution is -2.25. The SMILES string of the molecule is CC(OC(=O)c1coc(-c2ccccn2)n1)C(=O)c1ccc2c(c1)CCC(=O)N2. The first-order chi connectivity index (χ1) is 14.0. The number of aromatic nitrogens is 2. The van der Waals surface area contributed by atoms with E-state index in [0.29, 0.717) is 29.8 Å². The van der Waals surface area contributed by atoms with E-state index in [4.69, 9.17) is 9.15 Å². The van der Waals surface area contributed by atoms with E-state index in [1.807, 2.05) is 0 Å². The number of benzene rings is 1. The predicted molar refractivity (Wildman–Crippen MR) is 102 cm³/mol. The summed E-state index contributed by atoms with van der Waals surface area (Å²) >= 11 is 0. The first kappa shape index (κ1) is 18.5. The molecule has 29 heavy (non-hydrogen) atoms. The van der Waals surface area contributed by atoms with Crippen LogP contribution in [-0.4, -0.2) is 33.7 Å². The summed E-state index contributed by atoms with van der Waals surface area (Å²) in [6, 6.07) is 10.2. The number of hydrogen-bond acceptors (Lipinski definition) is 7. The molecule has 2 aromatic heterocycles. The monoisotopic (exact) mass is 391 g/mol. The topological polar surface area (TPSA) is 111 Å². The van der Waals surface area contributed by atoms with Gasteiger partial charge in [-0.2, -0.15) is 0 Å². The van der Waals surface area contributed by atoms with Crippen molar-refractivity contribution in [3.63, 3.8) is 0 Å². The molecular formula is C21H17N3O5. The van der Waals surface area contributed by atoms with Gasteiger partial charge in [-0.25, -0.2) is 9.78 Å². The molecule has 0 fully saturated rings. The maximum atomic E-state index is 12.7. The minimum Gasteiger partial charge on any atom is -0.449 e. The Hall–Kier alpha value is -3.81. The summed E-state index contributed by atoms with van der Waals surface area (Å²) in [6.07, 6.45) is 2.69. The molecule has 1 aliphatic heterocycles. The number of hydrogen-bond donors (Lipinski definition) is 1. The van der Waals surface area contributed by atoms with E-state index in [9.17, 15) is 14.4 Å². The van der Waals surface area contributed by atoms with Crippen LogP contribution in [0.3, 0.4) is 0 Å². The van der Waals surface area contributed by atoms with Crippen molar-refractivity contribution in [3.8, 4) is 11.6 Å². The number of nitrogens with one attached hydrogen (secondary N) is 1. The summed E-state index contributed by atoms with van der Waals surface area (Å²) in [4.78, 5) is 44.6. The molecule has 1 aliphatic rings. The quantitative estimate of drug-likeness (QED) is 0.525. The molecule has 0 aliphatic carbocycles. The number of rotatable bonds is 5. The first-order valence-electron chi connectivity index (χ1n) is 9.06. The maximum Gasteiger partial charge on any atom is 0.361 e. The Morgan fingerprint density at radius 2 is 2.07 bits per heavy atom. The van der Waals surface area contributed by atoms with Gasteiger partial charge < -0.3 is 14.5 Å². The molecule has 0 saturated carbocycles. The lowest BCUT2D eigenvalue weighted by molar-refractivity contribution is -0.116. The lowest BCUT2D eigenvalue weighted by atomic mass is 9.97. The Balaban J connectivity index is 1.44. The molecule has 8 nitrogen and oxygen atoms in total. The number of carbonyl (C=O) groups excluding carboxylic acids is 3. The summed E-state index contributed by atoms with van der Waals surface area (Å²) in [5.41, 5.74) is 2.43. The van der Waals surface area contributed by atoms with Gasteiger partial charge in [0.15, 0.2) is 11.8 Å². The van der Waals surface area contributed by atoms with Crippen molar-refractivity contribution >= 4 is 23.3 Å². The summed E-state index contributed by atoms with van der Waals surface area (Å²) in [5.74, 6) is -0.960. The summed E-state index contributed by atoms with van der Waals surface area (Å²) < 4.78 is 10.5. The van der Waals surface area contributed by atoms with Crippen LogP contribution in [0.1, 0.15) is 39.8 Å². The normalized spacial score (nSPS) is 13.9. The van der Waals surface area contributed by atoms with Gasteiger partial charge >= 0.3 is 5.97 Å². The van der Waals surface area contributed by atoms with Gasteiger partial charge in [-0.05, 0) is 49.2 Å². The number of anilines is 1. The Bertz CT molecular complexity index is 1090. The number of ether oxygens (including phenoxy) is 1. The highest BCUT2D eigenvalue weighted by Crippen LogP contribution is 2.24. The molecule has 1 N–H and O–H groups in total. The fraction of sp³-hybridized carbons (Fsp3) is 0.190. The van der Waals surface area contributed by atoms with Gasteiger partial charge in [-0.1, -0.05) is 6.07 Å². The fourth-order valence-corrected chi connectivity index (χ4v) is 3.02. The van der Waals surface area contributed by atoms with E-state index in [-0.39, 0.29) is 23.3 Å². The van der Waals surface area contributed by atoms with E-state index < -0.39 is 12.1 Å². The van der Waals surface area contributed by atoms with Gasteiger partial charge in [0.25, 0.3) is 0 Å². The van der Waals surface area contributed by atoms with Crippen molar-refractivity contribution < 1.29 is 23.5 Å². The van der Waals surface area contributed by atoms with Crippen molar-refractivity contribution in [2.24, 2.45) is 0 Å². The van der Waals surface area contributed by atoms with Crippen LogP contribution in [0.15, 0.2) is 53.3 Å². The van der Waals surface area contributed by atoms with Crippen LogP contribution < -0.4 is 5.32 Å². The van der Waals surface area contributed by atoms with Crippen LogP contribution in [0.2, 0.25) is 0 Å². The highest BCUT2D eigenvalue weighted by atomic mass is 16.5. The van der Waals surface area contributed by atoms with E-state index in [0.717, 1.165) is 5.56 Å². The molecule has 1 unspecified atom stereocenters. The molecule has 0 bridgehead atoms. The number of ketones is 1. The predicted octanol–water partition coefficient (Wildman–Crippen LogP) is 3.05. The zero-order valence-corrected chi connectivity index (χ0v) is 15.5. The van der Waals surface area contributed by atoms with Gasteiger partial charge in [-0.3, -0.25) is 14.6 Å². The number of aryl methyl sites for hydroxylation is 1. The van der Waals surface area contributed by atoms with Gasteiger partial charge in [0, 0.05) is 23.9 Å². The lowest BCUT2D eigenvalue weighted by Gasteiger charge is -2.18. The van der Waals surface area contributed by atoms with Gasteiger partial charge in [0.1, 0.15) is 12.0 Å². The molecule has 1 aromatic carbocycles. The number of esters is 1. The zero-order chi connectivity index (χ0) is 20.4. The number of fused-ring (bicyclic) bond motifs is 1. The van der Waals surface area contributed by atoms with E-state index in [1.165, 1.54) is 13.2 Å². The standard InChI is InChI=1S/C21H17N3O5/c1-12(19(26)14-5-7-15-13(10-14)6-8-18(25)23-15)29-21(27)17-11-28-20(24-17)16-4-2-3-9-22-16/h2-5,7,9-12H,6,8H2,1H3,(H,23,25). The average molecular weight is 391 g/mol. The van der Waals surface area contributed by atoms with Crippen molar-refractivity contribution in [1.29, 1.82) is 0 Å². The second-order valence-corrected chi connectivity index (χ2v) is 6.58. The number of oxazole rings is 1. The minimum atomic E-state index is -1.01. The van der Waals surface area contributed by atoms with Gasteiger partial charge in [-0.15, -0.1) is 0 Å². The average Bonchev–Trinajstić information content (AvgIpc) is 3.24. The summed E-state index contributed by atoms with van der Waals surface area (Å²) in [7, 11) is 0. The molecule has 0 saturated heterocycles. The smallest absolute Gasteiger partial charge is 0.361 e. The van der Waals surface area contributed by atoms with Crippen molar-refractivity contribution in [1.82, 2.24) is 9.97 Å². The molecule has 3 heterocycles. The van der Waals surface area contributed by atoms with Crippen LogP contribution in [0.25, 0.3) is 11.6 Å². The van der Waals surface area contributed by atoms with Gasteiger partial charge in [0.05, 0.1) is 0 Å². The molecule has 146 valence electrons. The first-order valence-corrected chi connectivity index (χ1v) is 9.06. The Morgan fingerprint density at radius 1 is 1.21 bits per heavy atom. The maximum absolute atomic E-state index is 12.7. The number of carbonyl (C=O) groups is 3. The van der Waals surface area contributed by atoms with E-state index >= 15 is 0 Å². The third kappa shape index (κ3) is 3.91. The van der Waals surface area contributed by atoms with Crippen molar-refractivity contribution in [3.05, 3.63) is 65.7 Å². The Labute approximate surface area is 165 Å². The van der Waals surface area contributed by atoms with Crippen LogP contribution in [0.4, 0.5) is 5.69 Å². The molecule has 1 atom stereocenters. The number of Topliss-reactive ketones (excluding diaryl/α,β-unsaturated/α-hetero) is 1. The van der Waals surface area contributed by atoms with Crippen LogP contribution in [0, 0.1) is 0 Å². The third-order valence-corrected chi connectivity index (χ3v) is 4.54. The van der Waals surface area contributed by atoms with Crippen molar-refractivity contribution in [2.75, 3.05) is 5.32 Å². The fourth-order valence-electron chi connectivity index (χ4n) is 3.02. The van der Waals surface area contributed by atoms with E-state index in [2.05, 4.69) is 15.3 Å². The minimum absolute atomic E-state index is 0.0431. The second kappa shape index (κ2) is 7.67. The molecular weight excluding hydrogens is 374 g/mol. The molecule has 4 rings (SSSR count). The Kier molecular flexibility index (Phi) is 4.90. The largest absolute Gasteiger partial charge is 0.449 e. The highest BCUT2D eigenvalue weighted by Gasteiger charge is 2.24. The summed E-state index contributed by atoms with van der Waals surface area (Å²) in [6.45, 7) is 1.50. The molecule has 3 aromatic rings. The second-order valence-electron chi connectivity index (χ2n) is 6.58. The molecule has 8 heteroatoms. The number of amides is 1. The van der Waals surface area contributed by atoms with Crippen LogP contribution in [0.5, 0.6) is 0 Å². The molecule has 0 spiro atoms. The zero-order valence-electron chi connectivity index (χ0n) is 15.5. The Morgan fingerprint density at radius 3 is 2.86 bits per heavy atom. The molecule has 0 radical (unpaired) electrons. The van der Waals surface area contributed by atoms with E-state index in [1.54, 1.807) is 42.6 Å². The number of nitrogens with zero attached hydrogens (tertiary/aromatic N) is 2. The molecule has 1 amide bonds. The number of pyridine rings is 1. The van der Waals surface area contributed by atoms with Gasteiger partial charge in [0.2, 0.25) is 17.6 Å². The van der Waals surface area contributed by atoms with Crippen LogP contribution >= 0.6 is 0 Å². The third-order valence-electron chi connectivity index (χ3n) is 4.54. The highest BCUT2D eigenvalue weighted by molar-refractivity contribution is 6.02. The van der Waals surface area contributed by atoms with Crippen molar-refractivity contribution in [2.45, 2.75) is 25.9 Å². The van der Waals surface area contributed by atoms with Crippen LogP contribution in [-0.2, 0) is 16.0 Å².